The van der Waals surface area contributed by atoms with Gasteiger partial charge in [-0.2, -0.15) is 4.31 Å². The Morgan fingerprint density at radius 1 is 1.02 bits per heavy atom. The number of aliphatic hydroxyl groups excluding tert-OH is 1. The van der Waals surface area contributed by atoms with E-state index >= 15 is 0 Å². The fourth-order valence-electron chi connectivity index (χ4n) is 4.85. The molecule has 3 aromatic rings. The maximum atomic E-state index is 13.7. The zero-order valence-corrected chi connectivity index (χ0v) is 25.1. The van der Waals surface area contributed by atoms with Crippen LogP contribution in [0.2, 0.25) is 0 Å². The first-order chi connectivity index (χ1) is 20.2. The van der Waals surface area contributed by atoms with Gasteiger partial charge in [0.05, 0.1) is 42.9 Å². The lowest BCUT2D eigenvalue weighted by molar-refractivity contribution is 0.0769. The van der Waals surface area contributed by atoms with Gasteiger partial charge in [-0.05, 0) is 54.3 Å². The van der Waals surface area contributed by atoms with Crippen molar-refractivity contribution in [3.63, 3.8) is 0 Å². The van der Waals surface area contributed by atoms with Crippen LogP contribution in [0.25, 0.3) is 0 Å². The smallest absolute Gasteiger partial charge is 0.255 e. The van der Waals surface area contributed by atoms with Crippen LogP contribution in [0.5, 0.6) is 11.5 Å². The van der Waals surface area contributed by atoms with E-state index in [1.54, 1.807) is 36.4 Å². The number of hydrogen-bond donors (Lipinski definition) is 2. The fraction of sp³-hybridized carbons (Fsp3) is 0.406. The van der Waals surface area contributed by atoms with Crippen LogP contribution in [-0.4, -0.2) is 75.4 Å². The first-order valence-corrected chi connectivity index (χ1v) is 15.6. The van der Waals surface area contributed by atoms with Crippen molar-refractivity contribution in [3.05, 3.63) is 90.0 Å². The largest absolute Gasteiger partial charge is 0.497 e. The molecule has 3 aromatic carbocycles. The van der Waals surface area contributed by atoms with Gasteiger partial charge in [0.15, 0.2) is 0 Å². The molecule has 0 radical (unpaired) electrons. The maximum absolute atomic E-state index is 13.7. The third kappa shape index (κ3) is 8.32. The molecule has 0 aromatic heterocycles. The Balaban J connectivity index is 1.59. The zero-order valence-electron chi connectivity index (χ0n) is 24.3. The van der Waals surface area contributed by atoms with Crippen LogP contribution in [0.4, 0.5) is 0 Å². The number of nitrogens with zero attached hydrogens (tertiary/aromatic N) is 1. The Kier molecular flexibility index (Phi) is 11.0. The van der Waals surface area contributed by atoms with Crippen LogP contribution >= 0.6 is 0 Å². The zero-order chi connectivity index (χ0) is 30.1. The monoisotopic (exact) mass is 596 g/mol. The molecule has 10 heteroatoms. The minimum atomic E-state index is -3.95. The van der Waals surface area contributed by atoms with Gasteiger partial charge in [-0.25, -0.2) is 8.42 Å². The number of amides is 1. The first kappa shape index (κ1) is 31.5. The van der Waals surface area contributed by atoms with Crippen molar-refractivity contribution in [1.82, 2.24) is 9.62 Å². The van der Waals surface area contributed by atoms with Gasteiger partial charge in [-0.3, -0.25) is 4.79 Å². The lowest BCUT2D eigenvalue weighted by atomic mass is 10.00. The molecule has 9 nitrogen and oxygen atoms in total. The Morgan fingerprint density at radius 2 is 1.71 bits per heavy atom. The molecule has 3 atom stereocenters. The highest BCUT2D eigenvalue weighted by molar-refractivity contribution is 7.89. The molecule has 0 aliphatic carbocycles. The van der Waals surface area contributed by atoms with Crippen molar-refractivity contribution in [2.24, 2.45) is 5.92 Å². The highest BCUT2D eigenvalue weighted by Crippen LogP contribution is 2.24. The minimum absolute atomic E-state index is 0.00372. The fourth-order valence-corrected chi connectivity index (χ4v) is 6.47. The first-order valence-electron chi connectivity index (χ1n) is 14.2. The van der Waals surface area contributed by atoms with Crippen LogP contribution in [0.3, 0.4) is 0 Å². The number of nitrogens with one attached hydrogen (secondary N) is 1. The van der Waals surface area contributed by atoms with Gasteiger partial charge in [-0.1, -0.05) is 56.3 Å². The highest BCUT2D eigenvalue weighted by atomic mass is 32.2. The molecule has 0 saturated carbocycles. The topological polar surface area (TPSA) is 114 Å². The second kappa shape index (κ2) is 14.6. The van der Waals surface area contributed by atoms with Crippen molar-refractivity contribution in [2.75, 3.05) is 33.4 Å². The molecule has 0 bridgehead atoms. The van der Waals surface area contributed by atoms with Crippen LogP contribution in [0, 0.1) is 5.92 Å². The van der Waals surface area contributed by atoms with E-state index in [1.807, 2.05) is 44.2 Å². The van der Waals surface area contributed by atoms with E-state index in [2.05, 4.69) is 5.32 Å². The number of benzene rings is 3. The number of hydrogen-bond acceptors (Lipinski definition) is 7. The number of rotatable bonds is 14. The molecular weight excluding hydrogens is 556 g/mol. The summed E-state index contributed by atoms with van der Waals surface area (Å²) in [5.74, 6) is 0.551. The molecule has 1 saturated heterocycles. The molecule has 42 heavy (non-hydrogen) atoms. The number of carbonyl (C=O) groups is 1. The minimum Gasteiger partial charge on any atom is -0.497 e. The van der Waals surface area contributed by atoms with E-state index in [4.69, 9.17) is 14.2 Å². The van der Waals surface area contributed by atoms with Crippen molar-refractivity contribution >= 4 is 15.9 Å². The summed E-state index contributed by atoms with van der Waals surface area (Å²) < 4.78 is 45.3. The molecule has 1 aliphatic heterocycles. The molecule has 1 aliphatic rings. The quantitative estimate of drug-likeness (QED) is 0.290. The Bertz CT molecular complexity index is 1390. The number of para-hydroxylation sites is 1. The summed E-state index contributed by atoms with van der Waals surface area (Å²) in [5, 5.41) is 14.5. The number of ether oxygens (including phenoxy) is 3. The molecule has 1 heterocycles. The Morgan fingerprint density at radius 3 is 2.36 bits per heavy atom. The third-order valence-corrected chi connectivity index (χ3v) is 8.90. The number of carbonyl (C=O) groups excluding carboxylic acids is 1. The molecule has 0 unspecified atom stereocenters. The van der Waals surface area contributed by atoms with Crippen molar-refractivity contribution < 1.29 is 32.5 Å². The van der Waals surface area contributed by atoms with Gasteiger partial charge in [-0.15, -0.1) is 0 Å². The maximum Gasteiger partial charge on any atom is 0.255 e. The summed E-state index contributed by atoms with van der Waals surface area (Å²) in [6, 6.07) is 21.8. The van der Waals surface area contributed by atoms with Crippen LogP contribution < -0.4 is 14.8 Å². The van der Waals surface area contributed by atoms with Gasteiger partial charge in [0, 0.05) is 19.5 Å². The molecule has 4 rings (SSSR count). The summed E-state index contributed by atoms with van der Waals surface area (Å²) in [6.07, 6.45) is -0.319. The number of methoxy groups -OCH3 is 1. The van der Waals surface area contributed by atoms with Gasteiger partial charge in [0.25, 0.3) is 5.91 Å². The van der Waals surface area contributed by atoms with E-state index in [1.165, 1.54) is 23.5 Å². The number of aliphatic hydroxyl groups is 1. The Hall–Kier alpha value is -3.44. The van der Waals surface area contributed by atoms with E-state index in [0.717, 1.165) is 12.0 Å². The van der Waals surface area contributed by atoms with E-state index in [0.29, 0.717) is 36.7 Å². The molecule has 1 fully saturated rings. The summed E-state index contributed by atoms with van der Waals surface area (Å²) in [5.41, 5.74) is 1.22. The van der Waals surface area contributed by atoms with E-state index in [-0.39, 0.29) is 30.0 Å². The Labute approximate surface area is 248 Å². The van der Waals surface area contributed by atoms with Gasteiger partial charge in [0.2, 0.25) is 10.0 Å². The van der Waals surface area contributed by atoms with E-state index < -0.39 is 28.1 Å². The van der Waals surface area contributed by atoms with Crippen molar-refractivity contribution in [2.45, 2.75) is 49.8 Å². The van der Waals surface area contributed by atoms with Crippen LogP contribution in [0.1, 0.15) is 36.2 Å². The van der Waals surface area contributed by atoms with Crippen LogP contribution in [0.15, 0.2) is 83.8 Å². The summed E-state index contributed by atoms with van der Waals surface area (Å²) in [7, 11) is -2.44. The second-order valence-corrected chi connectivity index (χ2v) is 12.8. The summed E-state index contributed by atoms with van der Waals surface area (Å²) in [6.45, 7) is 4.88. The predicted molar refractivity (Wildman–Crippen MR) is 160 cm³/mol. The average molecular weight is 597 g/mol. The molecule has 0 spiro atoms. The SMILES string of the molecule is COc1ccc(S(=O)(=O)N(CC(C)C)C[C@@H](O)[C@H](Cc2ccccc2)NC(=O)c2ccccc2O[C@H]2CCOC2)cc1. The highest BCUT2D eigenvalue weighted by Gasteiger charge is 2.32. The average Bonchev–Trinajstić information content (AvgIpc) is 3.50. The van der Waals surface area contributed by atoms with Crippen LogP contribution in [-0.2, 0) is 21.2 Å². The predicted octanol–water partition coefficient (Wildman–Crippen LogP) is 3.91. The second-order valence-electron chi connectivity index (χ2n) is 10.8. The lowest BCUT2D eigenvalue weighted by Crippen LogP contribution is -2.51. The normalized spacial score (nSPS) is 16.8. The van der Waals surface area contributed by atoms with Gasteiger partial charge < -0.3 is 24.6 Å². The standard InChI is InChI=1S/C32H40N2O7S/c1-23(2)20-34(42(37,38)27-15-13-25(39-3)14-16-27)21-30(35)29(19-24-9-5-4-6-10-24)33-32(36)28-11-7-8-12-31(28)41-26-17-18-40-22-26/h4-16,23,26,29-30,35H,17-22H2,1-3H3,(H,33,36)/t26-,29-,30+/m0/s1. The van der Waals surface area contributed by atoms with Crippen molar-refractivity contribution in [1.29, 1.82) is 0 Å². The molecule has 226 valence electrons. The van der Waals surface area contributed by atoms with E-state index in [9.17, 15) is 18.3 Å². The van der Waals surface area contributed by atoms with Gasteiger partial charge >= 0.3 is 0 Å². The molecule has 2 N–H and O–H groups in total. The van der Waals surface area contributed by atoms with Crippen molar-refractivity contribution in [3.8, 4) is 11.5 Å². The molecule has 1 amide bonds. The molecular formula is C32H40N2O7S. The lowest BCUT2D eigenvalue weighted by Gasteiger charge is -2.31. The third-order valence-electron chi connectivity index (χ3n) is 7.05. The summed E-state index contributed by atoms with van der Waals surface area (Å²) in [4.78, 5) is 13.7. The summed E-state index contributed by atoms with van der Waals surface area (Å²) >= 11 is 0. The van der Waals surface area contributed by atoms with Gasteiger partial charge in [0.1, 0.15) is 17.6 Å². The number of sulfonamides is 1.